The number of amides is 2. The lowest BCUT2D eigenvalue weighted by Crippen LogP contribution is -2.25. The van der Waals surface area contributed by atoms with Gasteiger partial charge in [0.25, 0.3) is 17.6 Å². The number of aromatic nitrogens is 1. The van der Waals surface area contributed by atoms with E-state index < -0.39 is 17.6 Å². The summed E-state index contributed by atoms with van der Waals surface area (Å²) in [6, 6.07) is 22.8. The van der Waals surface area contributed by atoms with Crippen molar-refractivity contribution >= 4 is 34.2 Å². The minimum absolute atomic E-state index is 0.122. The molecule has 0 fully saturated rings. The first kappa shape index (κ1) is 20.6. The zero-order valence-electron chi connectivity index (χ0n) is 16.9. The third kappa shape index (κ3) is 3.98. The number of Topliss-reactive ketones (excluding diaryl/α,β-unsaturated/α-hetero) is 1. The monoisotopic (exact) mass is 422 g/mol. The summed E-state index contributed by atoms with van der Waals surface area (Å²) in [6.45, 7) is 0.464. The molecule has 32 heavy (non-hydrogen) atoms. The van der Waals surface area contributed by atoms with Crippen molar-refractivity contribution in [2.75, 3.05) is 5.32 Å². The number of carbonyl (C=O) groups excluding carboxylic acids is 3. The molecule has 1 aromatic heterocycles. The van der Waals surface area contributed by atoms with Gasteiger partial charge in [-0.2, -0.15) is 5.26 Å². The molecule has 4 rings (SSSR count). The lowest BCUT2D eigenvalue weighted by molar-refractivity contribution is -0.112. The Labute approximate surface area is 183 Å². The van der Waals surface area contributed by atoms with Gasteiger partial charge < -0.3 is 15.6 Å². The summed E-state index contributed by atoms with van der Waals surface area (Å²) >= 11 is 0. The second-order valence-electron chi connectivity index (χ2n) is 7.19. The fraction of sp³-hybridized carbons (Fsp3) is 0.0400. The van der Waals surface area contributed by atoms with Crippen LogP contribution in [0.1, 0.15) is 31.8 Å². The van der Waals surface area contributed by atoms with Crippen LogP contribution in [0.2, 0.25) is 0 Å². The van der Waals surface area contributed by atoms with Gasteiger partial charge in [-0.15, -0.1) is 0 Å². The van der Waals surface area contributed by atoms with E-state index in [4.69, 9.17) is 11.0 Å². The van der Waals surface area contributed by atoms with Crippen LogP contribution in [0.3, 0.4) is 0 Å². The van der Waals surface area contributed by atoms with Gasteiger partial charge in [-0.1, -0.05) is 42.5 Å². The van der Waals surface area contributed by atoms with Crippen LogP contribution >= 0.6 is 0 Å². The van der Waals surface area contributed by atoms with E-state index in [1.54, 1.807) is 42.6 Å². The molecule has 156 valence electrons. The molecule has 0 bridgehead atoms. The van der Waals surface area contributed by atoms with Crippen LogP contribution in [-0.2, 0) is 11.3 Å². The largest absolute Gasteiger partial charge is 0.366 e. The van der Waals surface area contributed by atoms with E-state index >= 15 is 0 Å². The number of hydrogen-bond donors (Lipinski definition) is 2. The number of anilines is 1. The number of rotatable bonds is 6. The highest BCUT2D eigenvalue weighted by molar-refractivity contribution is 6.48. The molecule has 4 aromatic rings. The van der Waals surface area contributed by atoms with E-state index in [0.717, 1.165) is 11.1 Å². The second kappa shape index (κ2) is 8.58. The first-order valence-electron chi connectivity index (χ1n) is 9.79. The standard InChI is InChI=1S/C25H18N4O3/c26-13-16-9-11-17(12-10-16)14-29-15-20(18-5-2-4-8-22(18)29)23(30)25(32)28-21-7-3-1-6-19(21)24(27)31/h1-12,15H,14H2,(H2,27,31)(H,28,32). The Morgan fingerprint density at radius 1 is 0.906 bits per heavy atom. The fourth-order valence-corrected chi connectivity index (χ4v) is 3.55. The average Bonchev–Trinajstić information content (AvgIpc) is 3.17. The van der Waals surface area contributed by atoms with Crippen LogP contribution in [-0.4, -0.2) is 22.2 Å². The molecular formula is C25H18N4O3. The predicted molar refractivity (Wildman–Crippen MR) is 120 cm³/mol. The van der Waals surface area contributed by atoms with Gasteiger partial charge in [-0.25, -0.2) is 0 Å². The Hall–Kier alpha value is -4.70. The molecule has 7 nitrogen and oxygen atoms in total. The van der Waals surface area contributed by atoms with Crippen molar-refractivity contribution in [2.24, 2.45) is 5.73 Å². The van der Waals surface area contributed by atoms with Crippen molar-refractivity contribution in [2.45, 2.75) is 6.54 Å². The van der Waals surface area contributed by atoms with Gasteiger partial charge in [-0.3, -0.25) is 14.4 Å². The number of benzene rings is 3. The number of carbonyl (C=O) groups is 3. The van der Waals surface area contributed by atoms with Crippen molar-refractivity contribution in [3.8, 4) is 6.07 Å². The highest BCUT2D eigenvalue weighted by atomic mass is 16.2. The molecular weight excluding hydrogens is 404 g/mol. The van der Waals surface area contributed by atoms with Gasteiger partial charge in [0.15, 0.2) is 0 Å². The van der Waals surface area contributed by atoms with Crippen molar-refractivity contribution in [1.29, 1.82) is 5.26 Å². The van der Waals surface area contributed by atoms with Crippen LogP contribution in [0.25, 0.3) is 10.9 Å². The Morgan fingerprint density at radius 3 is 2.31 bits per heavy atom. The SMILES string of the molecule is N#Cc1ccc(Cn2cc(C(=O)C(=O)Nc3ccccc3C(N)=O)c3ccccc32)cc1. The quantitative estimate of drug-likeness (QED) is 0.365. The summed E-state index contributed by atoms with van der Waals surface area (Å²) in [4.78, 5) is 37.3. The molecule has 0 aliphatic heterocycles. The summed E-state index contributed by atoms with van der Waals surface area (Å²) in [6.07, 6.45) is 1.64. The molecule has 0 aliphatic rings. The Balaban J connectivity index is 1.65. The normalized spacial score (nSPS) is 10.5. The van der Waals surface area contributed by atoms with Crippen molar-refractivity contribution in [3.63, 3.8) is 0 Å². The number of nitrogens with two attached hydrogens (primary N) is 1. The van der Waals surface area contributed by atoms with Gasteiger partial charge in [-0.05, 0) is 35.9 Å². The molecule has 7 heteroatoms. The van der Waals surface area contributed by atoms with Crippen LogP contribution in [0.5, 0.6) is 0 Å². The molecule has 0 saturated heterocycles. The summed E-state index contributed by atoms with van der Waals surface area (Å²) < 4.78 is 1.88. The number of primary amides is 1. The number of nitrogens with zero attached hydrogens (tertiary/aromatic N) is 2. The minimum atomic E-state index is -0.861. The zero-order valence-corrected chi connectivity index (χ0v) is 16.9. The first-order valence-corrected chi connectivity index (χ1v) is 9.79. The van der Waals surface area contributed by atoms with E-state index in [9.17, 15) is 14.4 Å². The summed E-state index contributed by atoms with van der Waals surface area (Å²) in [5.41, 5.74) is 8.22. The van der Waals surface area contributed by atoms with E-state index in [1.165, 1.54) is 12.1 Å². The lowest BCUT2D eigenvalue weighted by Gasteiger charge is -2.07. The maximum atomic E-state index is 13.0. The average molecular weight is 422 g/mol. The maximum absolute atomic E-state index is 13.0. The van der Waals surface area contributed by atoms with Crippen molar-refractivity contribution in [1.82, 2.24) is 4.57 Å². The van der Waals surface area contributed by atoms with E-state index in [2.05, 4.69) is 11.4 Å². The fourth-order valence-electron chi connectivity index (χ4n) is 3.55. The molecule has 0 unspecified atom stereocenters. The smallest absolute Gasteiger partial charge is 0.296 e. The predicted octanol–water partition coefficient (Wildman–Crippen LogP) is 3.48. The highest BCUT2D eigenvalue weighted by Gasteiger charge is 2.23. The Bertz CT molecular complexity index is 1390. The molecule has 3 aromatic carbocycles. The second-order valence-corrected chi connectivity index (χ2v) is 7.19. The van der Waals surface area contributed by atoms with Crippen LogP contribution in [0, 0.1) is 11.3 Å². The van der Waals surface area contributed by atoms with Gasteiger partial charge in [0.1, 0.15) is 0 Å². The third-order valence-corrected chi connectivity index (χ3v) is 5.12. The van der Waals surface area contributed by atoms with Gasteiger partial charge in [0.05, 0.1) is 28.4 Å². The molecule has 3 N–H and O–H groups in total. The molecule has 0 aliphatic carbocycles. The lowest BCUT2D eigenvalue weighted by atomic mass is 10.1. The van der Waals surface area contributed by atoms with E-state index in [1.807, 2.05) is 28.8 Å². The summed E-state index contributed by atoms with van der Waals surface area (Å²) in [7, 11) is 0. The first-order chi connectivity index (χ1) is 15.5. The number of nitrogens with one attached hydrogen (secondary N) is 1. The number of ketones is 1. The van der Waals surface area contributed by atoms with Crippen LogP contribution in [0.15, 0.2) is 79.0 Å². The van der Waals surface area contributed by atoms with Crippen LogP contribution in [0.4, 0.5) is 5.69 Å². The Kier molecular flexibility index (Phi) is 5.51. The van der Waals surface area contributed by atoms with E-state index in [0.29, 0.717) is 17.5 Å². The number of para-hydroxylation sites is 2. The number of nitriles is 1. The number of fused-ring (bicyclic) bond motifs is 1. The molecule has 0 radical (unpaired) electrons. The zero-order chi connectivity index (χ0) is 22.7. The summed E-state index contributed by atoms with van der Waals surface area (Å²) in [5.74, 6) is -2.29. The maximum Gasteiger partial charge on any atom is 0.296 e. The number of hydrogen-bond acceptors (Lipinski definition) is 4. The molecule has 0 spiro atoms. The Morgan fingerprint density at radius 2 is 1.59 bits per heavy atom. The third-order valence-electron chi connectivity index (χ3n) is 5.12. The van der Waals surface area contributed by atoms with Crippen molar-refractivity contribution in [3.05, 3.63) is 101 Å². The molecule has 1 heterocycles. The van der Waals surface area contributed by atoms with Gasteiger partial charge in [0.2, 0.25) is 0 Å². The topological polar surface area (TPSA) is 118 Å². The van der Waals surface area contributed by atoms with Crippen molar-refractivity contribution < 1.29 is 14.4 Å². The minimum Gasteiger partial charge on any atom is -0.366 e. The van der Waals surface area contributed by atoms with E-state index in [-0.39, 0.29) is 16.8 Å². The highest BCUT2D eigenvalue weighted by Crippen LogP contribution is 2.24. The molecule has 0 saturated carbocycles. The molecule has 0 atom stereocenters. The van der Waals surface area contributed by atoms with Crippen LogP contribution < -0.4 is 11.1 Å². The summed E-state index contributed by atoms with van der Waals surface area (Å²) in [5, 5.41) is 12.1. The van der Waals surface area contributed by atoms with Gasteiger partial charge >= 0.3 is 0 Å². The molecule has 2 amide bonds. The van der Waals surface area contributed by atoms with Gasteiger partial charge in [0, 0.05) is 23.6 Å².